The summed E-state index contributed by atoms with van der Waals surface area (Å²) < 4.78 is 0. The summed E-state index contributed by atoms with van der Waals surface area (Å²) in [6, 6.07) is 13.0. The van der Waals surface area contributed by atoms with Crippen molar-refractivity contribution >= 4 is 16.8 Å². The summed E-state index contributed by atoms with van der Waals surface area (Å²) in [7, 11) is 0. The highest BCUT2D eigenvalue weighted by Crippen LogP contribution is 2.40. The van der Waals surface area contributed by atoms with Crippen LogP contribution in [0.3, 0.4) is 0 Å². The summed E-state index contributed by atoms with van der Waals surface area (Å²) >= 11 is 0. The molecule has 3 aliphatic rings. The van der Waals surface area contributed by atoms with Crippen LogP contribution >= 0.6 is 0 Å². The lowest BCUT2D eigenvalue weighted by atomic mass is 9.71. The Hall–Kier alpha value is -1.56. The molecule has 0 heteroatoms. The van der Waals surface area contributed by atoms with Crippen LogP contribution in [0.2, 0.25) is 0 Å². The first kappa shape index (κ1) is 15.0. The molecule has 0 unspecified atom stereocenters. The Labute approximate surface area is 140 Å². The van der Waals surface area contributed by atoms with Crippen LogP contribution in [0.1, 0.15) is 62.5 Å². The van der Waals surface area contributed by atoms with Gasteiger partial charge in [0.2, 0.25) is 0 Å². The molecule has 0 nitrogen and oxygen atoms in total. The molecule has 2 aromatic rings. The molecule has 0 heterocycles. The van der Waals surface area contributed by atoms with Crippen LogP contribution in [0.5, 0.6) is 0 Å². The van der Waals surface area contributed by atoms with E-state index >= 15 is 0 Å². The van der Waals surface area contributed by atoms with Crippen molar-refractivity contribution in [2.45, 2.75) is 57.8 Å². The van der Waals surface area contributed by atoms with E-state index in [1.54, 1.807) is 25.7 Å². The van der Waals surface area contributed by atoms with Crippen molar-refractivity contribution in [1.82, 2.24) is 0 Å². The molecule has 2 fully saturated rings. The molecule has 0 aromatic heterocycles. The highest BCUT2D eigenvalue weighted by atomic mass is 14.3. The Bertz CT molecular complexity index is 663. The van der Waals surface area contributed by atoms with Crippen LogP contribution in [-0.2, 0) is 6.42 Å². The molecular weight excluding hydrogens is 276 g/mol. The number of benzene rings is 2. The summed E-state index contributed by atoms with van der Waals surface area (Å²) in [4.78, 5) is 0. The molecule has 0 spiro atoms. The normalized spacial score (nSPS) is 25.4. The van der Waals surface area contributed by atoms with Crippen molar-refractivity contribution in [3.63, 3.8) is 0 Å². The summed E-state index contributed by atoms with van der Waals surface area (Å²) in [5, 5.41) is 2.80. The van der Waals surface area contributed by atoms with Crippen molar-refractivity contribution in [3.8, 4) is 0 Å². The fraction of sp³-hybridized carbons (Fsp3) is 0.478. The van der Waals surface area contributed by atoms with Crippen molar-refractivity contribution in [1.29, 1.82) is 0 Å². The second kappa shape index (κ2) is 6.91. The average molecular weight is 304 g/mol. The van der Waals surface area contributed by atoms with E-state index < -0.39 is 0 Å². The Morgan fingerprint density at radius 2 is 1.30 bits per heavy atom. The molecule has 0 saturated heterocycles. The monoisotopic (exact) mass is 304 g/mol. The third-order valence-electron chi connectivity index (χ3n) is 6.12. The van der Waals surface area contributed by atoms with Gasteiger partial charge in [-0.15, -0.1) is 0 Å². The summed E-state index contributed by atoms with van der Waals surface area (Å²) in [6.07, 6.45) is 17.9. The van der Waals surface area contributed by atoms with Gasteiger partial charge >= 0.3 is 0 Å². The molecule has 5 rings (SSSR count). The number of rotatable bonds is 0. The maximum absolute atomic E-state index is 2.23. The third-order valence-corrected chi connectivity index (χ3v) is 6.12. The predicted octanol–water partition coefficient (Wildman–Crippen LogP) is 6.78. The lowest BCUT2D eigenvalue weighted by molar-refractivity contribution is 0.171. The van der Waals surface area contributed by atoms with Gasteiger partial charge in [-0.3, -0.25) is 0 Å². The van der Waals surface area contributed by atoms with E-state index in [-0.39, 0.29) is 0 Å². The van der Waals surface area contributed by atoms with Crippen molar-refractivity contribution in [2.24, 2.45) is 11.8 Å². The van der Waals surface area contributed by atoms with Gasteiger partial charge in [0.1, 0.15) is 0 Å². The number of fused-ring (bicyclic) bond motifs is 1. The number of hydrogen-bond acceptors (Lipinski definition) is 0. The molecule has 2 saturated carbocycles. The Kier molecular flexibility index (Phi) is 4.50. The van der Waals surface area contributed by atoms with E-state index in [4.69, 9.17) is 0 Å². The van der Waals surface area contributed by atoms with Crippen LogP contribution in [0.25, 0.3) is 16.8 Å². The van der Waals surface area contributed by atoms with Crippen LogP contribution in [0, 0.1) is 11.8 Å². The molecule has 3 aliphatic carbocycles. The van der Waals surface area contributed by atoms with E-state index in [1.165, 1.54) is 47.6 Å². The number of hydrogen-bond donors (Lipinski definition) is 0. The average Bonchev–Trinajstić information content (AvgIpc) is 2.63. The van der Waals surface area contributed by atoms with Crippen molar-refractivity contribution in [2.75, 3.05) is 0 Å². The smallest absolute Gasteiger partial charge is 0.00763 e. The molecule has 0 bridgehead atoms. The van der Waals surface area contributed by atoms with Crippen molar-refractivity contribution in [3.05, 3.63) is 53.6 Å². The van der Waals surface area contributed by atoms with E-state index in [1.807, 2.05) is 0 Å². The molecular formula is C23H28. The SMILES string of the molecule is C1=Cc2cccc3cccc(c23)C1.C1CCC2CCCCC2C1. The van der Waals surface area contributed by atoms with Gasteiger partial charge in [-0.25, -0.2) is 0 Å². The first-order valence-electron chi connectivity index (χ1n) is 9.59. The zero-order valence-electron chi connectivity index (χ0n) is 14.1. The Morgan fingerprint density at radius 3 is 1.96 bits per heavy atom. The number of allylic oxidation sites excluding steroid dienone is 1. The van der Waals surface area contributed by atoms with Gasteiger partial charge in [0, 0.05) is 0 Å². The summed E-state index contributed by atoms with van der Waals surface area (Å²) in [6.45, 7) is 0. The lowest BCUT2D eigenvalue weighted by Gasteiger charge is -2.35. The van der Waals surface area contributed by atoms with Gasteiger partial charge in [0.25, 0.3) is 0 Å². The molecule has 0 atom stereocenters. The van der Waals surface area contributed by atoms with Gasteiger partial charge in [0.05, 0.1) is 0 Å². The first-order valence-corrected chi connectivity index (χ1v) is 9.59. The van der Waals surface area contributed by atoms with Gasteiger partial charge in [-0.2, -0.15) is 0 Å². The molecule has 0 aliphatic heterocycles. The second-order valence-electron chi connectivity index (χ2n) is 7.56. The first-order chi connectivity index (χ1) is 11.4. The van der Waals surface area contributed by atoms with Gasteiger partial charge in [-0.05, 0) is 40.2 Å². The molecule has 2 aromatic carbocycles. The standard InChI is InChI=1S/C13H10.C10H18/c1-4-10-6-2-8-12-9-3-7-11(5-1)13(10)12;1-2-6-10-8-4-3-7-9(10)5-1/h1-8H,9H2;9-10H,1-8H2. The largest absolute Gasteiger partial charge is 0.0795 e. The molecule has 0 amide bonds. The van der Waals surface area contributed by atoms with E-state index in [0.717, 1.165) is 18.3 Å². The van der Waals surface area contributed by atoms with Gasteiger partial charge in [-0.1, -0.05) is 99.9 Å². The van der Waals surface area contributed by atoms with Crippen LogP contribution in [0.15, 0.2) is 42.5 Å². The highest BCUT2D eigenvalue weighted by Gasteiger charge is 2.26. The molecule has 0 N–H and O–H groups in total. The van der Waals surface area contributed by atoms with Crippen LogP contribution < -0.4 is 0 Å². The summed E-state index contributed by atoms with van der Waals surface area (Å²) in [5.41, 5.74) is 2.81. The maximum atomic E-state index is 2.23. The molecule has 23 heavy (non-hydrogen) atoms. The van der Waals surface area contributed by atoms with E-state index in [9.17, 15) is 0 Å². The minimum Gasteiger partial charge on any atom is -0.0795 e. The quantitative estimate of drug-likeness (QED) is 0.503. The minimum absolute atomic E-state index is 1.08. The summed E-state index contributed by atoms with van der Waals surface area (Å²) in [5.74, 6) is 2.31. The minimum atomic E-state index is 1.08. The van der Waals surface area contributed by atoms with Crippen molar-refractivity contribution < 1.29 is 0 Å². The fourth-order valence-electron chi connectivity index (χ4n) is 4.93. The zero-order valence-corrected chi connectivity index (χ0v) is 14.1. The zero-order chi connectivity index (χ0) is 15.5. The van der Waals surface area contributed by atoms with Gasteiger partial charge in [0.15, 0.2) is 0 Å². The highest BCUT2D eigenvalue weighted by molar-refractivity contribution is 5.94. The van der Waals surface area contributed by atoms with Crippen LogP contribution in [0.4, 0.5) is 0 Å². The lowest BCUT2D eigenvalue weighted by Crippen LogP contribution is -2.22. The maximum Gasteiger partial charge on any atom is -0.00763 e. The van der Waals surface area contributed by atoms with Gasteiger partial charge < -0.3 is 0 Å². The molecule has 120 valence electrons. The van der Waals surface area contributed by atoms with E-state index in [2.05, 4.69) is 48.6 Å². The molecule has 0 radical (unpaired) electrons. The topological polar surface area (TPSA) is 0 Å². The predicted molar refractivity (Wildman–Crippen MR) is 101 cm³/mol. The fourth-order valence-corrected chi connectivity index (χ4v) is 4.93. The third kappa shape index (κ3) is 3.22. The Balaban J connectivity index is 0.000000122. The van der Waals surface area contributed by atoms with E-state index in [0.29, 0.717) is 0 Å². The second-order valence-corrected chi connectivity index (χ2v) is 7.56. The van der Waals surface area contributed by atoms with Crippen LogP contribution in [-0.4, -0.2) is 0 Å². The Morgan fingerprint density at radius 1 is 0.696 bits per heavy atom.